The topological polar surface area (TPSA) is 37.4 Å². The van der Waals surface area contributed by atoms with Crippen molar-refractivity contribution in [2.75, 3.05) is 39.1 Å². The largest absolute Gasteiger partial charge is 0.476 e. The van der Waals surface area contributed by atoms with E-state index >= 15 is 0 Å². The molecule has 0 unspecified atom stereocenters. The average Bonchev–Trinajstić information content (AvgIpc) is 2.27. The van der Waals surface area contributed by atoms with Crippen molar-refractivity contribution in [1.29, 1.82) is 0 Å². The van der Waals surface area contributed by atoms with Crippen LogP contribution in [0.3, 0.4) is 0 Å². The molecular weight excluding hydrogens is 259 g/mol. The minimum atomic E-state index is -4.41. The van der Waals surface area contributed by atoms with Gasteiger partial charge < -0.3 is 15.0 Å². The fraction of sp³-hybridized carbons (Fsp3) is 0.583. The monoisotopic (exact) mass is 277 g/mol. The average molecular weight is 277 g/mol. The summed E-state index contributed by atoms with van der Waals surface area (Å²) in [4.78, 5) is 5.86. The molecule has 1 aromatic heterocycles. The van der Waals surface area contributed by atoms with Crippen molar-refractivity contribution in [2.45, 2.75) is 13.1 Å². The van der Waals surface area contributed by atoms with Crippen LogP contribution in [0.15, 0.2) is 12.1 Å². The van der Waals surface area contributed by atoms with Crippen molar-refractivity contribution >= 4 is 5.82 Å². The van der Waals surface area contributed by atoms with Gasteiger partial charge in [-0.15, -0.1) is 0 Å². The molecule has 0 bridgehead atoms. The Morgan fingerprint density at radius 3 is 2.53 bits per heavy atom. The molecule has 0 fully saturated rings. The van der Waals surface area contributed by atoms with Crippen LogP contribution in [0.1, 0.15) is 12.5 Å². The van der Waals surface area contributed by atoms with Crippen molar-refractivity contribution in [3.05, 3.63) is 17.7 Å². The smallest absolute Gasteiger partial charge is 0.416 e. The van der Waals surface area contributed by atoms with Gasteiger partial charge in [-0.3, -0.25) is 0 Å². The van der Waals surface area contributed by atoms with E-state index in [4.69, 9.17) is 4.74 Å². The second-order valence-electron chi connectivity index (χ2n) is 4.26. The third kappa shape index (κ3) is 5.34. The van der Waals surface area contributed by atoms with Gasteiger partial charge in [-0.05, 0) is 27.1 Å². The maximum Gasteiger partial charge on any atom is 0.416 e. The summed E-state index contributed by atoms with van der Waals surface area (Å²) >= 11 is 0. The summed E-state index contributed by atoms with van der Waals surface area (Å²) in [6, 6.07) is 1.89. The molecule has 0 saturated carbocycles. The van der Waals surface area contributed by atoms with Crippen molar-refractivity contribution < 1.29 is 17.9 Å². The standard InChI is InChI=1S/C12H18F3N3O/c1-4-16-10-7-9(12(13,14)15)8-11(17-10)19-6-5-18(2)3/h7-8H,4-6H2,1-3H3,(H,16,17). The quantitative estimate of drug-likeness (QED) is 0.866. The predicted octanol–water partition coefficient (Wildman–Crippen LogP) is 2.47. The molecule has 1 heterocycles. The SMILES string of the molecule is CCNc1cc(C(F)(F)F)cc(OCCN(C)C)n1. The Morgan fingerprint density at radius 2 is 2.00 bits per heavy atom. The molecule has 0 atom stereocenters. The van der Waals surface area contributed by atoms with Gasteiger partial charge in [0.05, 0.1) is 5.56 Å². The van der Waals surface area contributed by atoms with Gasteiger partial charge in [0.2, 0.25) is 5.88 Å². The highest BCUT2D eigenvalue weighted by Gasteiger charge is 2.31. The molecule has 1 aromatic rings. The zero-order chi connectivity index (χ0) is 14.5. The molecule has 19 heavy (non-hydrogen) atoms. The predicted molar refractivity (Wildman–Crippen MR) is 67.5 cm³/mol. The van der Waals surface area contributed by atoms with Crippen LogP contribution < -0.4 is 10.1 Å². The molecular formula is C12H18F3N3O. The lowest BCUT2D eigenvalue weighted by molar-refractivity contribution is -0.137. The highest BCUT2D eigenvalue weighted by atomic mass is 19.4. The van der Waals surface area contributed by atoms with Crippen LogP contribution in [0, 0.1) is 0 Å². The van der Waals surface area contributed by atoms with E-state index in [1.165, 1.54) is 0 Å². The first-order valence-corrected chi connectivity index (χ1v) is 5.93. The third-order valence-electron chi connectivity index (χ3n) is 2.28. The van der Waals surface area contributed by atoms with E-state index in [2.05, 4.69) is 10.3 Å². The van der Waals surface area contributed by atoms with Crippen LogP contribution in [0.2, 0.25) is 0 Å². The molecule has 7 heteroatoms. The van der Waals surface area contributed by atoms with E-state index in [1.807, 2.05) is 19.0 Å². The number of hydrogen-bond donors (Lipinski definition) is 1. The molecule has 0 radical (unpaired) electrons. The highest BCUT2D eigenvalue weighted by Crippen LogP contribution is 2.32. The minimum absolute atomic E-state index is 0.0207. The number of nitrogens with zero attached hydrogens (tertiary/aromatic N) is 2. The first-order chi connectivity index (χ1) is 8.82. The Kier molecular flexibility index (Phi) is 5.41. The highest BCUT2D eigenvalue weighted by molar-refractivity contribution is 5.42. The number of pyridine rings is 1. The van der Waals surface area contributed by atoms with Gasteiger partial charge in [0.25, 0.3) is 0 Å². The third-order valence-corrected chi connectivity index (χ3v) is 2.28. The second-order valence-corrected chi connectivity index (χ2v) is 4.26. The fourth-order valence-corrected chi connectivity index (χ4v) is 1.35. The summed E-state index contributed by atoms with van der Waals surface area (Å²) in [5.41, 5.74) is -0.765. The van der Waals surface area contributed by atoms with E-state index in [0.29, 0.717) is 13.1 Å². The Hall–Kier alpha value is -1.50. The second kappa shape index (κ2) is 6.60. The summed E-state index contributed by atoms with van der Waals surface area (Å²) in [6.07, 6.45) is -4.41. The number of anilines is 1. The Morgan fingerprint density at radius 1 is 1.32 bits per heavy atom. The van der Waals surface area contributed by atoms with Crippen LogP contribution >= 0.6 is 0 Å². The van der Waals surface area contributed by atoms with Gasteiger partial charge >= 0.3 is 6.18 Å². The number of halogens is 3. The number of alkyl halides is 3. The lowest BCUT2D eigenvalue weighted by atomic mass is 10.2. The van der Waals surface area contributed by atoms with Gasteiger partial charge in [0.15, 0.2) is 0 Å². The molecule has 0 aliphatic carbocycles. The molecule has 4 nitrogen and oxygen atoms in total. The van der Waals surface area contributed by atoms with Crippen LogP contribution in [0.4, 0.5) is 19.0 Å². The summed E-state index contributed by atoms with van der Waals surface area (Å²) in [7, 11) is 3.71. The van der Waals surface area contributed by atoms with E-state index in [9.17, 15) is 13.2 Å². The first kappa shape index (κ1) is 15.6. The van der Waals surface area contributed by atoms with Crippen LogP contribution in [0.25, 0.3) is 0 Å². The van der Waals surface area contributed by atoms with Gasteiger partial charge in [-0.25, -0.2) is 0 Å². The molecule has 0 aliphatic rings. The number of hydrogen-bond acceptors (Lipinski definition) is 4. The Balaban J connectivity index is 2.87. The van der Waals surface area contributed by atoms with Crippen molar-refractivity contribution in [1.82, 2.24) is 9.88 Å². The van der Waals surface area contributed by atoms with E-state index in [-0.39, 0.29) is 18.3 Å². The van der Waals surface area contributed by atoms with Crippen molar-refractivity contribution in [3.63, 3.8) is 0 Å². The summed E-state index contributed by atoms with van der Waals surface area (Å²) in [5, 5.41) is 2.76. The molecule has 0 spiro atoms. The number of ether oxygens (including phenoxy) is 1. The maximum atomic E-state index is 12.7. The van der Waals surface area contributed by atoms with Crippen molar-refractivity contribution in [3.8, 4) is 5.88 Å². The summed E-state index contributed by atoms with van der Waals surface area (Å²) < 4.78 is 43.4. The normalized spacial score (nSPS) is 11.7. The first-order valence-electron chi connectivity index (χ1n) is 5.93. The molecule has 1 rings (SSSR count). The zero-order valence-electron chi connectivity index (χ0n) is 11.2. The number of aromatic nitrogens is 1. The lowest BCUT2D eigenvalue weighted by Gasteiger charge is -2.14. The fourth-order valence-electron chi connectivity index (χ4n) is 1.35. The van der Waals surface area contributed by atoms with Crippen LogP contribution in [-0.2, 0) is 6.18 Å². The Bertz CT molecular complexity index is 408. The summed E-state index contributed by atoms with van der Waals surface area (Å²) in [6.45, 7) is 3.17. The molecule has 0 saturated heterocycles. The number of likely N-dealkylation sites (N-methyl/N-ethyl adjacent to an activating group) is 1. The van der Waals surface area contributed by atoms with Crippen molar-refractivity contribution in [2.24, 2.45) is 0 Å². The van der Waals surface area contributed by atoms with Crippen LogP contribution in [-0.4, -0.2) is 43.7 Å². The van der Waals surface area contributed by atoms with E-state index in [1.54, 1.807) is 6.92 Å². The van der Waals surface area contributed by atoms with E-state index < -0.39 is 11.7 Å². The van der Waals surface area contributed by atoms with Gasteiger partial charge in [0.1, 0.15) is 12.4 Å². The molecule has 0 aliphatic heterocycles. The number of nitrogens with one attached hydrogen (secondary N) is 1. The minimum Gasteiger partial charge on any atom is -0.476 e. The van der Waals surface area contributed by atoms with Crippen LogP contribution in [0.5, 0.6) is 5.88 Å². The van der Waals surface area contributed by atoms with E-state index in [0.717, 1.165) is 12.1 Å². The lowest BCUT2D eigenvalue weighted by Crippen LogP contribution is -2.20. The number of rotatable bonds is 6. The van der Waals surface area contributed by atoms with Gasteiger partial charge in [-0.1, -0.05) is 0 Å². The summed E-state index contributed by atoms with van der Waals surface area (Å²) in [5.74, 6) is 0.143. The zero-order valence-corrected chi connectivity index (χ0v) is 11.2. The van der Waals surface area contributed by atoms with Gasteiger partial charge in [0, 0.05) is 19.2 Å². The molecule has 0 aromatic carbocycles. The Labute approximate surface area is 110 Å². The molecule has 0 amide bonds. The maximum absolute atomic E-state index is 12.7. The molecule has 1 N–H and O–H groups in total. The van der Waals surface area contributed by atoms with Gasteiger partial charge in [-0.2, -0.15) is 18.2 Å². The molecule has 108 valence electrons.